The van der Waals surface area contributed by atoms with Gasteiger partial charge in [-0.25, -0.2) is 17.8 Å². The third-order valence-corrected chi connectivity index (χ3v) is 4.19. The van der Waals surface area contributed by atoms with Crippen molar-refractivity contribution in [3.8, 4) is 0 Å². The quantitative estimate of drug-likeness (QED) is 0.882. The molecule has 1 aromatic carbocycles. The maximum absolute atomic E-state index is 13.7. The molecule has 0 aliphatic rings. The smallest absolute Gasteiger partial charge is 0.264 e. The fraction of sp³-hybridized carbons (Fsp3) is 0. The second-order valence-corrected chi connectivity index (χ2v) is 5.92. The maximum Gasteiger partial charge on any atom is 0.264 e. The molecule has 1 aromatic heterocycles. The predicted molar refractivity (Wildman–Crippen MR) is 71.5 cm³/mol. The number of halogens is 3. The molecule has 0 amide bonds. The van der Waals surface area contributed by atoms with Crippen molar-refractivity contribution in [3.05, 3.63) is 52.5 Å². The van der Waals surface area contributed by atoms with Crippen molar-refractivity contribution < 1.29 is 12.8 Å². The van der Waals surface area contributed by atoms with E-state index in [9.17, 15) is 12.8 Å². The molecule has 0 saturated heterocycles. The van der Waals surface area contributed by atoms with Crippen molar-refractivity contribution in [2.24, 2.45) is 0 Å². The molecular weight excluding hydrogens is 314 g/mol. The van der Waals surface area contributed by atoms with Gasteiger partial charge in [0.05, 0.1) is 10.7 Å². The molecule has 0 radical (unpaired) electrons. The molecule has 0 saturated carbocycles. The van der Waals surface area contributed by atoms with Crippen LogP contribution in [-0.4, -0.2) is 13.4 Å². The summed E-state index contributed by atoms with van der Waals surface area (Å²) in [5.41, 5.74) is 0.0588. The summed E-state index contributed by atoms with van der Waals surface area (Å²) >= 11 is 11.3. The second-order valence-electron chi connectivity index (χ2n) is 3.50. The number of pyridine rings is 1. The zero-order valence-corrected chi connectivity index (χ0v) is 11.6. The Morgan fingerprint density at radius 1 is 1.16 bits per heavy atom. The number of rotatable bonds is 3. The first-order valence-electron chi connectivity index (χ1n) is 4.99. The van der Waals surface area contributed by atoms with Crippen LogP contribution in [0.3, 0.4) is 0 Å². The number of sulfonamides is 1. The first-order valence-corrected chi connectivity index (χ1v) is 7.23. The van der Waals surface area contributed by atoms with Crippen molar-refractivity contribution in [1.29, 1.82) is 0 Å². The molecule has 0 bridgehead atoms. The molecule has 0 spiro atoms. The molecule has 0 aliphatic heterocycles. The second kappa shape index (κ2) is 5.32. The number of nitrogens with zero attached hydrogens (tertiary/aromatic N) is 1. The molecule has 0 unspecified atom stereocenters. The average Bonchev–Trinajstić information content (AvgIpc) is 2.35. The van der Waals surface area contributed by atoms with Gasteiger partial charge in [-0.15, -0.1) is 0 Å². The lowest BCUT2D eigenvalue weighted by atomic mass is 10.3. The highest BCUT2D eigenvalue weighted by molar-refractivity contribution is 7.92. The van der Waals surface area contributed by atoms with Gasteiger partial charge in [-0.3, -0.25) is 4.72 Å². The van der Waals surface area contributed by atoms with E-state index >= 15 is 0 Å². The Morgan fingerprint density at radius 2 is 1.89 bits per heavy atom. The van der Waals surface area contributed by atoms with Crippen LogP contribution < -0.4 is 4.72 Å². The summed E-state index contributed by atoms with van der Waals surface area (Å²) in [6.45, 7) is 0. The molecule has 0 atom stereocenters. The molecule has 1 N–H and O–H groups in total. The van der Waals surface area contributed by atoms with Crippen LogP contribution in [0.1, 0.15) is 0 Å². The van der Waals surface area contributed by atoms with Gasteiger partial charge in [0.15, 0.2) is 11.0 Å². The Labute approximate surface area is 119 Å². The summed E-state index contributed by atoms with van der Waals surface area (Å²) in [5.74, 6) is -1.02. The number of hydrogen-bond donors (Lipinski definition) is 1. The van der Waals surface area contributed by atoms with Gasteiger partial charge in [0.2, 0.25) is 0 Å². The van der Waals surface area contributed by atoms with E-state index in [1.54, 1.807) is 0 Å². The number of nitrogens with one attached hydrogen (secondary N) is 1. The summed E-state index contributed by atoms with van der Waals surface area (Å²) in [5, 5.41) is -0.311. The average molecular weight is 321 g/mol. The van der Waals surface area contributed by atoms with E-state index < -0.39 is 20.7 Å². The van der Waals surface area contributed by atoms with Gasteiger partial charge in [-0.1, -0.05) is 29.3 Å². The lowest BCUT2D eigenvalue weighted by Gasteiger charge is -2.10. The number of anilines is 1. The van der Waals surface area contributed by atoms with Crippen LogP contribution >= 0.6 is 23.2 Å². The molecule has 8 heteroatoms. The van der Waals surface area contributed by atoms with Crippen LogP contribution in [-0.2, 0) is 10.0 Å². The maximum atomic E-state index is 13.7. The highest BCUT2D eigenvalue weighted by atomic mass is 35.5. The topological polar surface area (TPSA) is 59.1 Å². The van der Waals surface area contributed by atoms with Crippen LogP contribution in [0.2, 0.25) is 10.2 Å². The Balaban J connectivity index is 2.44. The monoisotopic (exact) mass is 320 g/mol. The van der Waals surface area contributed by atoms with Crippen molar-refractivity contribution in [2.45, 2.75) is 4.90 Å². The van der Waals surface area contributed by atoms with Crippen LogP contribution in [0.25, 0.3) is 0 Å². The van der Waals surface area contributed by atoms with Gasteiger partial charge in [-0.05, 0) is 24.3 Å². The van der Waals surface area contributed by atoms with Gasteiger partial charge in [-0.2, -0.15) is 0 Å². The zero-order chi connectivity index (χ0) is 14.0. The lowest BCUT2D eigenvalue weighted by Crippen LogP contribution is -2.15. The molecule has 2 rings (SSSR count). The molecule has 2 aromatic rings. The standard InChI is InChI=1S/C11H7Cl2FN2O2S/c12-7-3-1-5-9(10(7)14)19(17,18)16-8-4-2-6-15-11(8)13/h1-6,16H. The molecule has 4 nitrogen and oxygen atoms in total. The van der Waals surface area contributed by atoms with Gasteiger partial charge in [0.25, 0.3) is 10.0 Å². The summed E-state index contributed by atoms with van der Waals surface area (Å²) in [7, 11) is -4.12. The SMILES string of the molecule is O=S(=O)(Nc1cccnc1Cl)c1cccc(Cl)c1F. The van der Waals surface area contributed by atoms with Crippen molar-refractivity contribution in [2.75, 3.05) is 4.72 Å². The Kier molecular flexibility index (Phi) is 3.93. The van der Waals surface area contributed by atoms with Crippen molar-refractivity contribution in [1.82, 2.24) is 4.98 Å². The molecule has 19 heavy (non-hydrogen) atoms. The van der Waals surface area contributed by atoms with Crippen molar-refractivity contribution in [3.63, 3.8) is 0 Å². The summed E-state index contributed by atoms with van der Waals surface area (Å²) in [4.78, 5) is 3.16. The third-order valence-electron chi connectivity index (χ3n) is 2.21. The fourth-order valence-corrected chi connectivity index (χ4v) is 2.97. The Bertz CT molecular complexity index is 722. The van der Waals surface area contributed by atoms with Crippen LogP contribution in [0, 0.1) is 5.82 Å². The third kappa shape index (κ3) is 2.97. The molecule has 0 fully saturated rings. The highest BCUT2D eigenvalue weighted by Gasteiger charge is 2.21. The zero-order valence-electron chi connectivity index (χ0n) is 9.27. The number of aromatic nitrogens is 1. The minimum absolute atomic E-state index is 0.0338. The molecular formula is C11H7Cl2FN2O2S. The van der Waals surface area contributed by atoms with Crippen LogP contribution in [0.15, 0.2) is 41.4 Å². The van der Waals surface area contributed by atoms with E-state index in [0.717, 1.165) is 6.07 Å². The summed E-state index contributed by atoms with van der Waals surface area (Å²) < 4.78 is 39.9. The predicted octanol–water partition coefficient (Wildman–Crippen LogP) is 3.33. The van der Waals surface area contributed by atoms with Crippen molar-refractivity contribution >= 4 is 38.9 Å². The molecule has 100 valence electrons. The van der Waals surface area contributed by atoms with Crippen LogP contribution in [0.4, 0.5) is 10.1 Å². The van der Waals surface area contributed by atoms with Gasteiger partial charge < -0.3 is 0 Å². The molecule has 1 heterocycles. The largest absolute Gasteiger partial charge is 0.276 e. The first-order chi connectivity index (χ1) is 8.92. The highest BCUT2D eigenvalue weighted by Crippen LogP contribution is 2.26. The van der Waals surface area contributed by atoms with E-state index in [1.807, 2.05) is 0 Å². The number of benzene rings is 1. The van der Waals surface area contributed by atoms with Gasteiger partial charge in [0.1, 0.15) is 4.90 Å². The summed E-state index contributed by atoms with van der Waals surface area (Å²) in [6.07, 6.45) is 1.40. The Hall–Kier alpha value is -1.37. The van der Waals surface area contributed by atoms with E-state index in [2.05, 4.69) is 9.71 Å². The van der Waals surface area contributed by atoms with E-state index in [1.165, 1.54) is 30.5 Å². The van der Waals surface area contributed by atoms with Crippen LogP contribution in [0.5, 0.6) is 0 Å². The summed E-state index contributed by atoms with van der Waals surface area (Å²) in [6, 6.07) is 6.61. The van der Waals surface area contributed by atoms with E-state index in [0.29, 0.717) is 0 Å². The minimum atomic E-state index is -4.12. The van der Waals surface area contributed by atoms with E-state index in [-0.39, 0.29) is 15.9 Å². The lowest BCUT2D eigenvalue weighted by molar-refractivity contribution is 0.570. The fourth-order valence-electron chi connectivity index (χ4n) is 1.35. The first kappa shape index (κ1) is 14.0. The minimum Gasteiger partial charge on any atom is -0.276 e. The molecule has 0 aliphatic carbocycles. The number of hydrogen-bond acceptors (Lipinski definition) is 3. The van der Waals surface area contributed by atoms with Gasteiger partial charge >= 0.3 is 0 Å². The van der Waals surface area contributed by atoms with E-state index in [4.69, 9.17) is 23.2 Å². The normalized spacial score (nSPS) is 11.3. The van der Waals surface area contributed by atoms with Gasteiger partial charge in [0, 0.05) is 6.20 Å². The Morgan fingerprint density at radius 3 is 2.58 bits per heavy atom.